The monoisotopic (exact) mass is 508 g/mol. The molecule has 2 atom stereocenters. The Kier molecular flexibility index (Phi) is 7.93. The van der Waals surface area contributed by atoms with Crippen molar-refractivity contribution < 1.29 is 37.9 Å². The predicted octanol–water partition coefficient (Wildman–Crippen LogP) is 4.07. The maximum atomic E-state index is 6.39. The SMILES string of the molecule is COc1ccc2c3c1-c1c(OC)ccc4c1OC(CS4)OCCOCCOCCOC(CS2)O3. The molecule has 184 valence electrons. The van der Waals surface area contributed by atoms with Gasteiger partial charge in [0.2, 0.25) is 12.6 Å². The zero-order valence-corrected chi connectivity index (χ0v) is 20.8. The second kappa shape index (κ2) is 11.3. The lowest BCUT2D eigenvalue weighted by Gasteiger charge is -2.31. The first-order valence-electron chi connectivity index (χ1n) is 11.2. The Morgan fingerprint density at radius 2 is 1.09 bits per heavy atom. The van der Waals surface area contributed by atoms with E-state index in [-0.39, 0.29) is 0 Å². The third-order valence-corrected chi connectivity index (χ3v) is 7.68. The Labute approximate surface area is 207 Å². The van der Waals surface area contributed by atoms with Crippen LogP contribution in [0.5, 0.6) is 23.0 Å². The Bertz CT molecular complexity index is 922. The van der Waals surface area contributed by atoms with Crippen molar-refractivity contribution in [2.45, 2.75) is 22.4 Å². The summed E-state index contributed by atoms with van der Waals surface area (Å²) in [5.41, 5.74) is 1.55. The van der Waals surface area contributed by atoms with Crippen LogP contribution in [0.15, 0.2) is 34.1 Å². The van der Waals surface area contributed by atoms with Crippen molar-refractivity contribution in [2.24, 2.45) is 0 Å². The molecule has 0 fully saturated rings. The summed E-state index contributed by atoms with van der Waals surface area (Å²) in [5, 5.41) is 0. The number of methoxy groups -OCH3 is 2. The van der Waals surface area contributed by atoms with E-state index in [9.17, 15) is 0 Å². The molecule has 0 amide bonds. The molecule has 0 saturated heterocycles. The van der Waals surface area contributed by atoms with Crippen molar-refractivity contribution in [3.63, 3.8) is 0 Å². The summed E-state index contributed by atoms with van der Waals surface area (Å²) >= 11 is 3.37. The van der Waals surface area contributed by atoms with Crippen LogP contribution < -0.4 is 18.9 Å². The molecule has 0 spiro atoms. The molecule has 34 heavy (non-hydrogen) atoms. The molecular weight excluding hydrogens is 480 g/mol. The summed E-state index contributed by atoms with van der Waals surface area (Å²) in [4.78, 5) is 2.02. The first kappa shape index (κ1) is 23.9. The van der Waals surface area contributed by atoms with Crippen molar-refractivity contribution in [2.75, 3.05) is 65.4 Å². The van der Waals surface area contributed by atoms with E-state index in [0.717, 1.165) is 20.9 Å². The van der Waals surface area contributed by atoms with Crippen LogP contribution in [-0.4, -0.2) is 77.9 Å². The normalized spacial score (nSPS) is 23.0. The summed E-state index contributed by atoms with van der Waals surface area (Å²) in [5.74, 6) is 4.06. The number of thioether (sulfide) groups is 2. The third kappa shape index (κ3) is 5.07. The minimum atomic E-state index is -0.418. The van der Waals surface area contributed by atoms with Gasteiger partial charge in [-0.15, -0.1) is 23.5 Å². The average Bonchev–Trinajstić information content (AvgIpc) is 2.87. The molecule has 0 N–H and O–H groups in total. The lowest BCUT2D eigenvalue weighted by molar-refractivity contribution is -0.0947. The standard InChI is InChI=1S/C24H28O8S2/c1-25-15-3-5-17-23-21(15)22-16(26-2)4-6-18-24(22)32-20(14-34-18)30-12-10-28-8-7-27-9-11-29-19(31-23)13-33-17/h3-6,19-20H,7-14H2,1-2H3. The maximum absolute atomic E-state index is 6.39. The van der Waals surface area contributed by atoms with E-state index in [0.29, 0.717) is 74.1 Å². The molecule has 3 heterocycles. The molecule has 8 nitrogen and oxygen atoms in total. The van der Waals surface area contributed by atoms with Gasteiger partial charge in [-0.3, -0.25) is 0 Å². The quantitative estimate of drug-likeness (QED) is 0.593. The van der Waals surface area contributed by atoms with Gasteiger partial charge in [0.05, 0.1) is 86.3 Å². The highest BCUT2D eigenvalue weighted by atomic mass is 32.2. The highest BCUT2D eigenvalue weighted by molar-refractivity contribution is 7.99. The van der Waals surface area contributed by atoms with E-state index in [2.05, 4.69) is 0 Å². The van der Waals surface area contributed by atoms with Crippen LogP contribution in [0, 0.1) is 0 Å². The van der Waals surface area contributed by atoms with Gasteiger partial charge in [-0.05, 0) is 24.3 Å². The van der Waals surface area contributed by atoms with Crippen LogP contribution in [-0.2, 0) is 18.9 Å². The van der Waals surface area contributed by atoms with Gasteiger partial charge in [-0.25, -0.2) is 0 Å². The fourth-order valence-corrected chi connectivity index (χ4v) is 5.83. The molecule has 0 radical (unpaired) electrons. The Balaban J connectivity index is 1.60. The van der Waals surface area contributed by atoms with E-state index in [1.165, 1.54) is 0 Å². The smallest absolute Gasteiger partial charge is 0.209 e. The van der Waals surface area contributed by atoms with E-state index >= 15 is 0 Å². The van der Waals surface area contributed by atoms with Gasteiger partial charge in [0.1, 0.15) is 23.0 Å². The van der Waals surface area contributed by atoms with Gasteiger partial charge in [-0.1, -0.05) is 0 Å². The van der Waals surface area contributed by atoms with Gasteiger partial charge >= 0.3 is 0 Å². The second-order valence-electron chi connectivity index (χ2n) is 7.62. The molecule has 2 aromatic carbocycles. The Morgan fingerprint density at radius 1 is 0.647 bits per heavy atom. The molecule has 4 bridgehead atoms. The summed E-state index contributed by atoms with van der Waals surface area (Å²) in [6, 6.07) is 7.92. The third-order valence-electron chi connectivity index (χ3n) is 5.54. The predicted molar refractivity (Wildman–Crippen MR) is 129 cm³/mol. The highest BCUT2D eigenvalue weighted by Crippen LogP contribution is 2.55. The van der Waals surface area contributed by atoms with Gasteiger partial charge in [-0.2, -0.15) is 0 Å². The van der Waals surface area contributed by atoms with E-state index in [1.807, 2.05) is 24.3 Å². The van der Waals surface area contributed by atoms with Crippen LogP contribution >= 0.6 is 23.5 Å². The van der Waals surface area contributed by atoms with Gasteiger partial charge in [0.15, 0.2) is 0 Å². The number of ether oxygens (including phenoxy) is 8. The number of hydrogen-bond acceptors (Lipinski definition) is 10. The van der Waals surface area contributed by atoms with Crippen molar-refractivity contribution >= 4 is 23.5 Å². The molecule has 0 aliphatic carbocycles. The number of rotatable bonds is 2. The van der Waals surface area contributed by atoms with E-state index in [4.69, 9.17) is 37.9 Å². The summed E-state index contributed by atoms with van der Waals surface area (Å²) in [6.07, 6.45) is -0.835. The Morgan fingerprint density at radius 3 is 1.53 bits per heavy atom. The number of hydrogen-bond donors (Lipinski definition) is 0. The molecule has 0 saturated carbocycles. The van der Waals surface area contributed by atoms with Crippen molar-refractivity contribution in [3.8, 4) is 34.1 Å². The fraction of sp³-hybridized carbons (Fsp3) is 0.500. The number of fused-ring (bicyclic) bond motifs is 3. The first-order valence-corrected chi connectivity index (χ1v) is 13.2. The van der Waals surface area contributed by atoms with Gasteiger partial charge in [0.25, 0.3) is 0 Å². The molecule has 5 rings (SSSR count). The van der Waals surface area contributed by atoms with Crippen LogP contribution in [0.1, 0.15) is 0 Å². The molecule has 2 unspecified atom stereocenters. The topological polar surface area (TPSA) is 73.8 Å². The zero-order valence-electron chi connectivity index (χ0n) is 19.2. The van der Waals surface area contributed by atoms with Gasteiger partial charge in [0, 0.05) is 0 Å². The molecule has 3 aliphatic heterocycles. The molecule has 3 aliphatic rings. The van der Waals surface area contributed by atoms with Gasteiger partial charge < -0.3 is 37.9 Å². The first-order chi connectivity index (χ1) is 16.8. The summed E-state index contributed by atoms with van der Waals surface area (Å²) < 4.78 is 47.5. The highest BCUT2D eigenvalue weighted by Gasteiger charge is 2.33. The van der Waals surface area contributed by atoms with Crippen LogP contribution in [0.25, 0.3) is 11.1 Å². The lowest BCUT2D eigenvalue weighted by Crippen LogP contribution is -2.29. The van der Waals surface area contributed by atoms with Crippen LogP contribution in [0.4, 0.5) is 0 Å². The molecular formula is C24H28O8S2. The average molecular weight is 509 g/mol. The van der Waals surface area contributed by atoms with Crippen molar-refractivity contribution in [1.29, 1.82) is 0 Å². The van der Waals surface area contributed by atoms with Crippen LogP contribution in [0.2, 0.25) is 0 Å². The largest absolute Gasteiger partial charge is 0.496 e. The minimum absolute atomic E-state index is 0.418. The zero-order chi connectivity index (χ0) is 23.3. The molecule has 0 aromatic heterocycles. The second-order valence-corrected chi connectivity index (χ2v) is 9.75. The van der Waals surface area contributed by atoms with Crippen LogP contribution in [0.3, 0.4) is 0 Å². The van der Waals surface area contributed by atoms with Crippen molar-refractivity contribution in [1.82, 2.24) is 0 Å². The fourth-order valence-electron chi connectivity index (χ4n) is 3.98. The minimum Gasteiger partial charge on any atom is -0.496 e. The van der Waals surface area contributed by atoms with Crippen molar-refractivity contribution in [3.05, 3.63) is 24.3 Å². The Hall–Kier alpha value is -1.82. The molecule has 10 heteroatoms. The summed E-state index contributed by atoms with van der Waals surface area (Å²) in [6.45, 7) is 2.79. The number of benzene rings is 2. The maximum Gasteiger partial charge on any atom is 0.209 e. The molecule has 2 aromatic rings. The van der Waals surface area contributed by atoms with E-state index < -0.39 is 12.6 Å². The summed E-state index contributed by atoms with van der Waals surface area (Å²) in [7, 11) is 3.29. The lowest BCUT2D eigenvalue weighted by atomic mass is 10.0. The van der Waals surface area contributed by atoms with E-state index in [1.54, 1.807) is 37.7 Å².